The van der Waals surface area contributed by atoms with Crippen molar-refractivity contribution >= 4 is 21.8 Å². The van der Waals surface area contributed by atoms with E-state index in [1.165, 1.54) is 0 Å². The van der Waals surface area contributed by atoms with E-state index in [-0.39, 0.29) is 11.8 Å². The Kier molecular flexibility index (Phi) is 4.50. The molecule has 0 unspecified atom stereocenters. The van der Waals surface area contributed by atoms with Crippen molar-refractivity contribution in [3.63, 3.8) is 0 Å². The number of hydrogen-bond donors (Lipinski definition) is 2. The first kappa shape index (κ1) is 12.5. The number of pyridine rings is 1. The fraction of sp³-hybridized carbons (Fsp3) is 0.500. The first-order valence-corrected chi connectivity index (χ1v) is 6.65. The molecule has 0 aliphatic carbocycles. The van der Waals surface area contributed by atoms with Gasteiger partial charge in [-0.1, -0.05) is 6.07 Å². The highest BCUT2D eigenvalue weighted by molar-refractivity contribution is 9.10. The standard InChI is InChI=1S/C12H16BrN3O/c13-11-5-1-4-10(16-11)8-15-12(17)9-3-2-6-14-7-9/h1,4-5,9,14H,2-3,6-8H2,(H,15,17)/t9-/m1/s1. The minimum absolute atomic E-state index is 0.107. The van der Waals surface area contributed by atoms with Crippen LogP contribution < -0.4 is 10.6 Å². The molecule has 1 saturated heterocycles. The second-order valence-corrected chi connectivity index (χ2v) is 5.03. The van der Waals surface area contributed by atoms with Crippen LogP contribution in [0.1, 0.15) is 18.5 Å². The van der Waals surface area contributed by atoms with Crippen molar-refractivity contribution in [3.8, 4) is 0 Å². The van der Waals surface area contributed by atoms with E-state index in [9.17, 15) is 4.79 Å². The van der Waals surface area contributed by atoms with Crippen LogP contribution in [0.4, 0.5) is 0 Å². The molecule has 1 aliphatic heterocycles. The van der Waals surface area contributed by atoms with E-state index in [0.717, 1.165) is 36.2 Å². The van der Waals surface area contributed by atoms with Gasteiger partial charge in [0, 0.05) is 6.54 Å². The first-order chi connectivity index (χ1) is 8.25. The van der Waals surface area contributed by atoms with Crippen molar-refractivity contribution in [1.82, 2.24) is 15.6 Å². The van der Waals surface area contributed by atoms with Gasteiger partial charge in [0.05, 0.1) is 18.2 Å². The largest absolute Gasteiger partial charge is 0.350 e. The van der Waals surface area contributed by atoms with E-state index in [1.807, 2.05) is 18.2 Å². The lowest BCUT2D eigenvalue weighted by Gasteiger charge is -2.21. The Morgan fingerprint density at radius 2 is 2.47 bits per heavy atom. The quantitative estimate of drug-likeness (QED) is 0.831. The Morgan fingerprint density at radius 1 is 1.59 bits per heavy atom. The lowest BCUT2D eigenvalue weighted by atomic mass is 9.99. The summed E-state index contributed by atoms with van der Waals surface area (Å²) >= 11 is 3.31. The van der Waals surface area contributed by atoms with Gasteiger partial charge in [-0.05, 0) is 47.4 Å². The Bertz CT molecular complexity index is 391. The fourth-order valence-corrected chi connectivity index (χ4v) is 2.33. The van der Waals surface area contributed by atoms with Gasteiger partial charge in [0.2, 0.25) is 5.91 Å². The lowest BCUT2D eigenvalue weighted by Crippen LogP contribution is -2.40. The molecule has 0 bridgehead atoms. The van der Waals surface area contributed by atoms with Crippen LogP contribution in [0, 0.1) is 5.92 Å². The normalized spacial score (nSPS) is 19.9. The molecule has 0 saturated carbocycles. The zero-order chi connectivity index (χ0) is 12.1. The number of aromatic nitrogens is 1. The van der Waals surface area contributed by atoms with Gasteiger partial charge >= 0.3 is 0 Å². The summed E-state index contributed by atoms with van der Waals surface area (Å²) in [5.41, 5.74) is 0.872. The number of halogens is 1. The molecule has 1 fully saturated rings. The Balaban J connectivity index is 1.83. The van der Waals surface area contributed by atoms with Crippen LogP contribution in [0.3, 0.4) is 0 Å². The summed E-state index contributed by atoms with van der Waals surface area (Å²) in [6.07, 6.45) is 2.05. The highest BCUT2D eigenvalue weighted by Crippen LogP contribution is 2.10. The summed E-state index contributed by atoms with van der Waals surface area (Å²) in [6, 6.07) is 5.70. The molecule has 1 aromatic heterocycles. The molecule has 1 aromatic rings. The molecule has 2 N–H and O–H groups in total. The topological polar surface area (TPSA) is 54.0 Å². The second-order valence-electron chi connectivity index (χ2n) is 4.21. The van der Waals surface area contributed by atoms with Crippen LogP contribution in [-0.4, -0.2) is 24.0 Å². The number of nitrogens with zero attached hydrogens (tertiary/aromatic N) is 1. The van der Waals surface area contributed by atoms with Crippen molar-refractivity contribution in [2.75, 3.05) is 13.1 Å². The molecular formula is C12H16BrN3O. The number of piperidine rings is 1. The summed E-state index contributed by atoms with van der Waals surface area (Å²) in [7, 11) is 0. The van der Waals surface area contributed by atoms with E-state index in [0.29, 0.717) is 6.54 Å². The number of amides is 1. The molecule has 4 nitrogen and oxygen atoms in total. The van der Waals surface area contributed by atoms with Gasteiger partial charge in [-0.15, -0.1) is 0 Å². The molecule has 0 radical (unpaired) electrons. The smallest absolute Gasteiger partial charge is 0.224 e. The molecule has 2 rings (SSSR count). The van der Waals surface area contributed by atoms with E-state index in [4.69, 9.17) is 0 Å². The number of hydrogen-bond acceptors (Lipinski definition) is 3. The van der Waals surface area contributed by atoms with Crippen LogP contribution in [0.5, 0.6) is 0 Å². The predicted octanol–water partition coefficient (Wildman–Crippen LogP) is 1.46. The summed E-state index contributed by atoms with van der Waals surface area (Å²) in [5, 5.41) is 6.17. The SMILES string of the molecule is O=C(NCc1cccc(Br)n1)[C@@H]1CCCNC1. The van der Waals surface area contributed by atoms with Crippen molar-refractivity contribution in [2.45, 2.75) is 19.4 Å². The molecule has 2 heterocycles. The number of nitrogens with one attached hydrogen (secondary N) is 2. The van der Waals surface area contributed by atoms with Gasteiger partial charge in [-0.25, -0.2) is 4.98 Å². The maximum Gasteiger partial charge on any atom is 0.224 e. The molecular weight excluding hydrogens is 282 g/mol. The Morgan fingerprint density at radius 3 is 3.18 bits per heavy atom. The van der Waals surface area contributed by atoms with E-state index < -0.39 is 0 Å². The Labute approximate surface area is 109 Å². The Hall–Kier alpha value is -0.940. The van der Waals surface area contributed by atoms with E-state index >= 15 is 0 Å². The van der Waals surface area contributed by atoms with Crippen LogP contribution in [0.15, 0.2) is 22.8 Å². The molecule has 0 spiro atoms. The molecule has 17 heavy (non-hydrogen) atoms. The molecule has 5 heteroatoms. The third-order valence-corrected chi connectivity index (χ3v) is 3.33. The van der Waals surface area contributed by atoms with Crippen molar-refractivity contribution in [3.05, 3.63) is 28.5 Å². The number of rotatable bonds is 3. The minimum atomic E-state index is 0.107. The minimum Gasteiger partial charge on any atom is -0.350 e. The summed E-state index contributed by atoms with van der Waals surface area (Å²) < 4.78 is 0.795. The molecule has 1 aliphatic rings. The third-order valence-electron chi connectivity index (χ3n) is 2.88. The average molecular weight is 298 g/mol. The maximum atomic E-state index is 11.9. The number of carbonyl (C=O) groups excluding carboxylic acids is 1. The second kappa shape index (κ2) is 6.12. The third kappa shape index (κ3) is 3.78. The van der Waals surface area contributed by atoms with Crippen molar-refractivity contribution < 1.29 is 4.79 Å². The predicted molar refractivity (Wildman–Crippen MR) is 69.4 cm³/mol. The molecule has 0 aromatic carbocycles. The molecule has 92 valence electrons. The lowest BCUT2D eigenvalue weighted by molar-refractivity contribution is -0.125. The highest BCUT2D eigenvalue weighted by atomic mass is 79.9. The van der Waals surface area contributed by atoms with Crippen molar-refractivity contribution in [2.24, 2.45) is 5.92 Å². The number of carbonyl (C=O) groups is 1. The summed E-state index contributed by atoms with van der Waals surface area (Å²) in [6.45, 7) is 2.31. The van der Waals surface area contributed by atoms with Crippen LogP contribution >= 0.6 is 15.9 Å². The molecule has 1 atom stereocenters. The monoisotopic (exact) mass is 297 g/mol. The van der Waals surface area contributed by atoms with Gasteiger partial charge in [0.1, 0.15) is 4.60 Å². The summed E-state index contributed by atoms with van der Waals surface area (Å²) in [5.74, 6) is 0.231. The van der Waals surface area contributed by atoms with E-state index in [2.05, 4.69) is 31.5 Å². The average Bonchev–Trinajstić information content (AvgIpc) is 2.37. The molecule has 1 amide bonds. The maximum absolute atomic E-state index is 11.9. The van der Waals surface area contributed by atoms with Crippen LogP contribution in [-0.2, 0) is 11.3 Å². The highest BCUT2D eigenvalue weighted by Gasteiger charge is 2.20. The van der Waals surface area contributed by atoms with Crippen LogP contribution in [0.2, 0.25) is 0 Å². The fourth-order valence-electron chi connectivity index (χ4n) is 1.95. The van der Waals surface area contributed by atoms with Gasteiger partial charge < -0.3 is 10.6 Å². The first-order valence-electron chi connectivity index (χ1n) is 5.85. The van der Waals surface area contributed by atoms with E-state index in [1.54, 1.807) is 0 Å². The van der Waals surface area contributed by atoms with Gasteiger partial charge in [0.25, 0.3) is 0 Å². The van der Waals surface area contributed by atoms with Crippen LogP contribution in [0.25, 0.3) is 0 Å². The summed E-state index contributed by atoms with van der Waals surface area (Å²) in [4.78, 5) is 16.1. The van der Waals surface area contributed by atoms with Gasteiger partial charge in [-0.2, -0.15) is 0 Å². The van der Waals surface area contributed by atoms with Gasteiger partial charge in [0.15, 0.2) is 0 Å². The van der Waals surface area contributed by atoms with Gasteiger partial charge in [-0.3, -0.25) is 4.79 Å². The zero-order valence-corrected chi connectivity index (χ0v) is 11.2. The van der Waals surface area contributed by atoms with Crippen molar-refractivity contribution in [1.29, 1.82) is 0 Å². The zero-order valence-electron chi connectivity index (χ0n) is 9.58.